The number of amides is 1. The first kappa shape index (κ1) is 18.6. The number of hydrogen-bond acceptors (Lipinski definition) is 5. The van der Waals surface area contributed by atoms with Crippen molar-refractivity contribution in [3.63, 3.8) is 0 Å². The Kier molecular flexibility index (Phi) is 5.13. The fourth-order valence-electron chi connectivity index (χ4n) is 3.72. The molecule has 1 aliphatic rings. The maximum atomic E-state index is 11.1. The molecular weight excluding hydrogens is 330 g/mol. The zero-order valence-corrected chi connectivity index (χ0v) is 16.6. The fraction of sp³-hybridized carbons (Fsp3) is 0.667. The van der Waals surface area contributed by atoms with Crippen LogP contribution in [0.1, 0.15) is 54.3 Å². The average molecular weight is 359 g/mol. The van der Waals surface area contributed by atoms with Gasteiger partial charge in [-0.2, -0.15) is 5.10 Å². The van der Waals surface area contributed by atoms with Crippen LogP contribution in [0.4, 0.5) is 0 Å². The monoisotopic (exact) mass is 359 g/mol. The number of hydrogen-bond donors (Lipinski definition) is 1. The molecule has 2 aromatic heterocycles. The third-order valence-corrected chi connectivity index (χ3v) is 5.41. The Morgan fingerprint density at radius 1 is 1.23 bits per heavy atom. The molecule has 0 unspecified atom stereocenters. The summed E-state index contributed by atoms with van der Waals surface area (Å²) in [7, 11) is 6.11. The predicted octanol–water partition coefficient (Wildman–Crippen LogP) is 1.18. The zero-order chi connectivity index (χ0) is 19.0. The van der Waals surface area contributed by atoms with Gasteiger partial charge in [0.15, 0.2) is 0 Å². The van der Waals surface area contributed by atoms with E-state index in [9.17, 15) is 4.79 Å². The summed E-state index contributed by atoms with van der Waals surface area (Å²) in [6.45, 7) is 7.29. The topological polar surface area (TPSA) is 80.9 Å². The molecule has 2 heterocycles. The van der Waals surface area contributed by atoms with Crippen LogP contribution in [0.15, 0.2) is 0 Å². The van der Waals surface area contributed by atoms with Crippen LogP contribution in [0, 0.1) is 13.8 Å². The van der Waals surface area contributed by atoms with Gasteiger partial charge in [0.05, 0.1) is 12.2 Å². The number of carbonyl (C=O) groups is 1. The molecule has 1 saturated carbocycles. The molecule has 1 N–H and O–H groups in total. The molecule has 1 amide bonds. The van der Waals surface area contributed by atoms with Crippen LogP contribution in [0.2, 0.25) is 0 Å². The highest BCUT2D eigenvalue weighted by Gasteiger charge is 2.34. The number of carbonyl (C=O) groups excluding carboxylic acids is 1. The zero-order valence-electron chi connectivity index (χ0n) is 16.6. The molecule has 8 nitrogen and oxygen atoms in total. The molecule has 0 spiro atoms. The third-order valence-electron chi connectivity index (χ3n) is 5.41. The van der Waals surface area contributed by atoms with Gasteiger partial charge in [-0.3, -0.25) is 14.4 Å². The van der Waals surface area contributed by atoms with E-state index in [1.807, 2.05) is 18.8 Å². The van der Waals surface area contributed by atoms with Crippen LogP contribution in [0.25, 0.3) is 0 Å². The molecule has 142 valence electrons. The van der Waals surface area contributed by atoms with E-state index in [-0.39, 0.29) is 11.9 Å². The van der Waals surface area contributed by atoms with Gasteiger partial charge in [0.25, 0.3) is 0 Å². The van der Waals surface area contributed by atoms with Crippen LogP contribution in [0.5, 0.6) is 0 Å². The molecule has 0 bridgehead atoms. The van der Waals surface area contributed by atoms with Gasteiger partial charge in [0, 0.05) is 50.8 Å². The van der Waals surface area contributed by atoms with Gasteiger partial charge in [-0.1, -0.05) is 0 Å². The second-order valence-electron chi connectivity index (χ2n) is 7.54. The van der Waals surface area contributed by atoms with Crippen LogP contribution in [0.3, 0.4) is 0 Å². The minimum Gasteiger partial charge on any atom is -0.354 e. The minimum absolute atomic E-state index is 0.0368. The van der Waals surface area contributed by atoms with E-state index in [2.05, 4.69) is 51.0 Å². The molecule has 0 aliphatic heterocycles. The smallest absolute Gasteiger partial charge is 0.217 e. The first-order valence-electron chi connectivity index (χ1n) is 9.09. The van der Waals surface area contributed by atoms with Crippen molar-refractivity contribution in [3.8, 4) is 0 Å². The summed E-state index contributed by atoms with van der Waals surface area (Å²) >= 11 is 0. The molecule has 3 rings (SSSR count). The Bertz CT molecular complexity index is 801. The number of nitrogens with one attached hydrogen (secondary N) is 1. The van der Waals surface area contributed by atoms with E-state index in [1.165, 1.54) is 11.3 Å². The summed E-state index contributed by atoms with van der Waals surface area (Å²) in [6, 6.07) is 0.275. The molecular formula is C18H29N7O. The highest BCUT2D eigenvalue weighted by Crippen LogP contribution is 2.35. The molecule has 1 fully saturated rings. The first-order valence-corrected chi connectivity index (χ1v) is 9.09. The van der Waals surface area contributed by atoms with Crippen molar-refractivity contribution < 1.29 is 4.79 Å². The van der Waals surface area contributed by atoms with E-state index >= 15 is 0 Å². The van der Waals surface area contributed by atoms with E-state index in [1.54, 1.807) is 6.92 Å². The van der Waals surface area contributed by atoms with Gasteiger partial charge in [-0.15, -0.1) is 10.2 Å². The fourth-order valence-corrected chi connectivity index (χ4v) is 3.72. The first-order chi connectivity index (χ1) is 12.3. The van der Waals surface area contributed by atoms with Gasteiger partial charge in [-0.25, -0.2) is 0 Å². The Morgan fingerprint density at radius 3 is 2.50 bits per heavy atom. The van der Waals surface area contributed by atoms with Crippen molar-refractivity contribution in [2.24, 2.45) is 14.1 Å². The van der Waals surface area contributed by atoms with E-state index in [0.717, 1.165) is 43.3 Å². The number of aryl methyl sites for hydroxylation is 2. The van der Waals surface area contributed by atoms with Crippen molar-refractivity contribution >= 4 is 5.91 Å². The van der Waals surface area contributed by atoms with Gasteiger partial charge >= 0.3 is 0 Å². The lowest BCUT2D eigenvalue weighted by Crippen LogP contribution is -2.43. The van der Waals surface area contributed by atoms with Crippen molar-refractivity contribution in [2.45, 2.75) is 58.7 Å². The lowest BCUT2D eigenvalue weighted by molar-refractivity contribution is -0.120. The largest absolute Gasteiger partial charge is 0.354 e. The summed E-state index contributed by atoms with van der Waals surface area (Å²) in [4.78, 5) is 13.4. The van der Waals surface area contributed by atoms with Crippen molar-refractivity contribution in [1.29, 1.82) is 0 Å². The highest BCUT2D eigenvalue weighted by atomic mass is 16.1. The summed E-state index contributed by atoms with van der Waals surface area (Å²) in [5, 5.41) is 16.3. The average Bonchev–Trinajstić information content (AvgIpc) is 2.98. The maximum absolute atomic E-state index is 11.1. The Balaban J connectivity index is 1.61. The van der Waals surface area contributed by atoms with Gasteiger partial charge in [-0.05, 0) is 33.7 Å². The normalized spacial score (nSPS) is 19.7. The lowest BCUT2D eigenvalue weighted by atomic mass is 9.79. The molecule has 0 aromatic carbocycles. The summed E-state index contributed by atoms with van der Waals surface area (Å²) < 4.78 is 4.04. The van der Waals surface area contributed by atoms with Gasteiger partial charge in [0.2, 0.25) is 5.91 Å². The summed E-state index contributed by atoms with van der Waals surface area (Å²) in [5.74, 6) is 2.40. The van der Waals surface area contributed by atoms with Crippen LogP contribution < -0.4 is 5.32 Å². The van der Waals surface area contributed by atoms with Crippen molar-refractivity contribution in [1.82, 2.24) is 34.8 Å². The molecule has 0 saturated heterocycles. The van der Waals surface area contributed by atoms with Crippen molar-refractivity contribution in [3.05, 3.63) is 28.6 Å². The molecule has 1 aliphatic carbocycles. The number of nitrogens with zero attached hydrogens (tertiary/aromatic N) is 6. The standard InChI is InChI=1S/C18H29N7O/c1-11-16(12(2)25(6)22-11)9-23(4)10-17-20-21-18(24(17)5)14-7-15(8-14)19-13(3)26/h14-15H,7-10H2,1-6H3,(H,19,26). The van der Waals surface area contributed by atoms with Crippen molar-refractivity contribution in [2.75, 3.05) is 7.05 Å². The molecule has 8 heteroatoms. The molecule has 26 heavy (non-hydrogen) atoms. The molecule has 0 atom stereocenters. The number of rotatable bonds is 6. The lowest BCUT2D eigenvalue weighted by Gasteiger charge is -2.34. The summed E-state index contributed by atoms with van der Waals surface area (Å²) in [6.07, 6.45) is 1.88. The second kappa shape index (κ2) is 7.19. The number of aromatic nitrogens is 5. The maximum Gasteiger partial charge on any atom is 0.217 e. The van der Waals surface area contributed by atoms with Gasteiger partial charge < -0.3 is 9.88 Å². The highest BCUT2D eigenvalue weighted by molar-refractivity contribution is 5.73. The Hall–Kier alpha value is -2.22. The summed E-state index contributed by atoms with van der Waals surface area (Å²) in [5.41, 5.74) is 3.55. The Labute approximate surface area is 154 Å². The van der Waals surface area contributed by atoms with E-state index in [4.69, 9.17) is 0 Å². The van der Waals surface area contributed by atoms with E-state index < -0.39 is 0 Å². The second-order valence-corrected chi connectivity index (χ2v) is 7.54. The molecule has 0 radical (unpaired) electrons. The van der Waals surface area contributed by atoms with Crippen LogP contribution in [-0.4, -0.2) is 48.4 Å². The Morgan fingerprint density at radius 2 is 1.92 bits per heavy atom. The van der Waals surface area contributed by atoms with E-state index in [0.29, 0.717) is 5.92 Å². The SMILES string of the molecule is CC(=O)NC1CC(c2nnc(CN(C)Cc3c(C)nn(C)c3C)n2C)C1. The minimum atomic E-state index is 0.0368. The third kappa shape index (κ3) is 3.65. The molecule has 2 aromatic rings. The van der Waals surface area contributed by atoms with Crippen LogP contribution >= 0.6 is 0 Å². The quantitative estimate of drug-likeness (QED) is 0.838. The van der Waals surface area contributed by atoms with Gasteiger partial charge in [0.1, 0.15) is 11.6 Å². The predicted molar refractivity (Wildman–Crippen MR) is 98.4 cm³/mol. The van der Waals surface area contributed by atoms with Crippen LogP contribution in [-0.2, 0) is 32.0 Å².